The molecule has 2 saturated carbocycles. The lowest BCUT2D eigenvalue weighted by atomic mass is 9.69. The van der Waals surface area contributed by atoms with Gasteiger partial charge < -0.3 is 10.4 Å². The number of amides is 1. The smallest absolute Gasteiger partial charge is 0.396 e. The quantitative estimate of drug-likeness (QED) is 0.873. The molecule has 2 N–H and O–H groups in total. The van der Waals surface area contributed by atoms with Crippen molar-refractivity contribution < 1.29 is 23.1 Å². The van der Waals surface area contributed by atoms with Gasteiger partial charge >= 0.3 is 6.18 Å². The fourth-order valence-electron chi connectivity index (χ4n) is 3.25. The van der Waals surface area contributed by atoms with Gasteiger partial charge in [-0.05, 0) is 43.4 Å². The minimum Gasteiger partial charge on any atom is -0.396 e. The molecule has 1 aromatic rings. The third-order valence-electron chi connectivity index (χ3n) is 5.32. The van der Waals surface area contributed by atoms with E-state index in [2.05, 4.69) is 5.32 Å². The average Bonchev–Trinajstić information content (AvgIpc) is 3.27. The molecule has 23 heavy (non-hydrogen) atoms. The van der Waals surface area contributed by atoms with Gasteiger partial charge in [0.15, 0.2) is 0 Å². The van der Waals surface area contributed by atoms with Crippen molar-refractivity contribution in [1.82, 2.24) is 5.32 Å². The third-order valence-corrected chi connectivity index (χ3v) is 5.32. The number of nitrogens with one attached hydrogen (secondary N) is 1. The lowest BCUT2D eigenvalue weighted by Crippen LogP contribution is -2.47. The van der Waals surface area contributed by atoms with Gasteiger partial charge in [-0.25, -0.2) is 0 Å². The Hall–Kier alpha value is -1.56. The second-order valence-corrected chi connectivity index (χ2v) is 6.85. The molecule has 0 unspecified atom stereocenters. The summed E-state index contributed by atoms with van der Waals surface area (Å²) in [5.74, 6) is -0.142. The Kier molecular flexibility index (Phi) is 3.91. The maximum absolute atomic E-state index is 12.6. The van der Waals surface area contributed by atoms with Crippen molar-refractivity contribution in [3.05, 3.63) is 35.4 Å². The molecule has 0 bridgehead atoms. The topological polar surface area (TPSA) is 49.3 Å². The molecule has 0 saturated heterocycles. The summed E-state index contributed by atoms with van der Waals surface area (Å²) in [7, 11) is 0. The highest BCUT2D eigenvalue weighted by Gasteiger charge is 2.52. The van der Waals surface area contributed by atoms with E-state index in [0.717, 1.165) is 31.4 Å². The van der Waals surface area contributed by atoms with Crippen LogP contribution in [0, 0.1) is 5.41 Å². The maximum atomic E-state index is 12.6. The molecule has 0 atom stereocenters. The summed E-state index contributed by atoms with van der Waals surface area (Å²) in [5.41, 5.74) is -0.961. The molecule has 0 heterocycles. The van der Waals surface area contributed by atoms with Gasteiger partial charge in [-0.1, -0.05) is 18.6 Å². The molecule has 0 radical (unpaired) electrons. The first kappa shape index (κ1) is 16.3. The number of aliphatic hydroxyl groups is 1. The van der Waals surface area contributed by atoms with Crippen LogP contribution in [-0.2, 0) is 16.4 Å². The van der Waals surface area contributed by atoms with Crippen molar-refractivity contribution in [2.45, 2.75) is 43.7 Å². The van der Waals surface area contributed by atoms with E-state index < -0.39 is 17.2 Å². The molecule has 0 aromatic heterocycles. The number of halogens is 3. The largest absolute Gasteiger partial charge is 0.416 e. The second-order valence-electron chi connectivity index (χ2n) is 6.85. The van der Waals surface area contributed by atoms with Gasteiger partial charge in [0.05, 0.1) is 17.6 Å². The zero-order valence-corrected chi connectivity index (χ0v) is 12.7. The second kappa shape index (κ2) is 5.51. The Balaban J connectivity index is 1.68. The van der Waals surface area contributed by atoms with Crippen molar-refractivity contribution in [3.63, 3.8) is 0 Å². The monoisotopic (exact) mass is 327 g/mol. The summed E-state index contributed by atoms with van der Waals surface area (Å²) < 4.78 is 37.9. The van der Waals surface area contributed by atoms with Gasteiger partial charge in [-0.15, -0.1) is 0 Å². The lowest BCUT2D eigenvalue weighted by molar-refractivity contribution is -0.137. The SMILES string of the molecule is O=C(NCC1(CO)CCC1)C1(c2ccc(C(F)(F)F)cc2)CC1. The van der Waals surface area contributed by atoms with Crippen LogP contribution in [0.2, 0.25) is 0 Å². The molecule has 3 rings (SSSR count). The summed E-state index contributed by atoms with van der Waals surface area (Å²) in [6.45, 7) is 0.491. The summed E-state index contributed by atoms with van der Waals surface area (Å²) in [5, 5.41) is 12.3. The number of hydrogen-bond donors (Lipinski definition) is 2. The van der Waals surface area contributed by atoms with Crippen LogP contribution in [0.15, 0.2) is 24.3 Å². The average molecular weight is 327 g/mol. The number of hydrogen-bond acceptors (Lipinski definition) is 2. The van der Waals surface area contributed by atoms with Crippen molar-refractivity contribution in [2.24, 2.45) is 5.41 Å². The maximum Gasteiger partial charge on any atom is 0.416 e. The zero-order valence-electron chi connectivity index (χ0n) is 12.7. The number of alkyl halides is 3. The highest BCUT2D eigenvalue weighted by molar-refractivity contribution is 5.91. The minimum atomic E-state index is -4.37. The number of carbonyl (C=O) groups excluding carboxylic acids is 1. The molecule has 2 aliphatic rings. The molecule has 126 valence electrons. The van der Waals surface area contributed by atoms with E-state index in [0.29, 0.717) is 24.9 Å². The molecule has 1 aromatic carbocycles. The van der Waals surface area contributed by atoms with Gasteiger partial charge in [0.2, 0.25) is 5.91 Å². The molecule has 3 nitrogen and oxygen atoms in total. The van der Waals surface area contributed by atoms with E-state index >= 15 is 0 Å². The standard InChI is InChI=1S/C17H20F3NO2/c18-17(19,20)13-4-2-12(3-5-13)16(8-9-16)14(23)21-10-15(11-22)6-1-7-15/h2-5,22H,1,6-11H2,(H,21,23). The van der Waals surface area contributed by atoms with E-state index in [1.807, 2.05) is 0 Å². The Morgan fingerprint density at radius 1 is 1.13 bits per heavy atom. The fourth-order valence-corrected chi connectivity index (χ4v) is 3.25. The molecule has 0 spiro atoms. The van der Waals surface area contributed by atoms with Crippen LogP contribution in [-0.4, -0.2) is 24.2 Å². The molecular formula is C17H20F3NO2. The summed E-state index contributed by atoms with van der Waals surface area (Å²) in [4.78, 5) is 12.5. The lowest BCUT2D eigenvalue weighted by Gasteiger charge is -2.40. The fraction of sp³-hybridized carbons (Fsp3) is 0.588. The Morgan fingerprint density at radius 3 is 2.13 bits per heavy atom. The summed E-state index contributed by atoms with van der Waals surface area (Å²) >= 11 is 0. The number of carbonyl (C=O) groups is 1. The number of aliphatic hydroxyl groups excluding tert-OH is 1. The highest BCUT2D eigenvalue weighted by Crippen LogP contribution is 2.49. The van der Waals surface area contributed by atoms with Gasteiger partial charge in [0.1, 0.15) is 0 Å². The third kappa shape index (κ3) is 2.96. The molecule has 2 fully saturated rings. The van der Waals surface area contributed by atoms with Crippen molar-refractivity contribution in [1.29, 1.82) is 0 Å². The Morgan fingerprint density at radius 2 is 1.74 bits per heavy atom. The van der Waals surface area contributed by atoms with Crippen molar-refractivity contribution in [2.75, 3.05) is 13.2 Å². The Bertz CT molecular complexity index is 581. The van der Waals surface area contributed by atoms with Crippen molar-refractivity contribution in [3.8, 4) is 0 Å². The molecule has 0 aliphatic heterocycles. The molecular weight excluding hydrogens is 307 g/mol. The minimum absolute atomic E-state index is 0.0561. The van der Waals surface area contributed by atoms with Crippen LogP contribution in [0.3, 0.4) is 0 Å². The Labute approximate surface area is 132 Å². The van der Waals surface area contributed by atoms with E-state index in [9.17, 15) is 23.1 Å². The van der Waals surface area contributed by atoms with Gasteiger partial charge in [0, 0.05) is 12.0 Å². The highest BCUT2D eigenvalue weighted by atomic mass is 19.4. The van der Waals surface area contributed by atoms with Crippen LogP contribution in [0.1, 0.15) is 43.2 Å². The molecule has 6 heteroatoms. The number of benzene rings is 1. The first-order valence-electron chi connectivity index (χ1n) is 7.88. The summed E-state index contributed by atoms with van der Waals surface area (Å²) in [6.07, 6.45) is -0.212. The number of rotatable bonds is 5. The van der Waals surface area contributed by atoms with Crippen LogP contribution in [0.5, 0.6) is 0 Å². The predicted molar refractivity (Wildman–Crippen MR) is 78.7 cm³/mol. The van der Waals surface area contributed by atoms with E-state index in [1.165, 1.54) is 12.1 Å². The molecule has 2 aliphatic carbocycles. The van der Waals surface area contributed by atoms with E-state index in [4.69, 9.17) is 0 Å². The van der Waals surface area contributed by atoms with Gasteiger partial charge in [-0.2, -0.15) is 13.2 Å². The van der Waals surface area contributed by atoms with Crippen molar-refractivity contribution >= 4 is 5.91 Å². The van der Waals surface area contributed by atoms with Gasteiger partial charge in [-0.3, -0.25) is 4.79 Å². The predicted octanol–water partition coefficient (Wildman–Crippen LogP) is 3.02. The zero-order chi connectivity index (χ0) is 16.7. The van der Waals surface area contributed by atoms with E-state index in [-0.39, 0.29) is 17.9 Å². The van der Waals surface area contributed by atoms with Crippen LogP contribution < -0.4 is 5.32 Å². The van der Waals surface area contributed by atoms with Crippen LogP contribution in [0.4, 0.5) is 13.2 Å². The van der Waals surface area contributed by atoms with Crippen LogP contribution in [0.25, 0.3) is 0 Å². The first-order chi connectivity index (χ1) is 10.8. The first-order valence-corrected chi connectivity index (χ1v) is 7.88. The normalized spacial score (nSPS) is 21.4. The van der Waals surface area contributed by atoms with Gasteiger partial charge in [0.25, 0.3) is 0 Å². The van der Waals surface area contributed by atoms with E-state index in [1.54, 1.807) is 0 Å². The summed E-state index contributed by atoms with van der Waals surface area (Å²) in [6, 6.07) is 4.87. The molecule has 1 amide bonds. The van der Waals surface area contributed by atoms with Crippen LogP contribution >= 0.6 is 0 Å².